The lowest BCUT2D eigenvalue weighted by Gasteiger charge is -2.33. The zero-order chi connectivity index (χ0) is 13.5. The van der Waals surface area contributed by atoms with Crippen LogP contribution < -0.4 is 10.2 Å². The first-order valence-electron chi connectivity index (χ1n) is 6.48. The largest absolute Gasteiger partial charge is 0.346 e. The van der Waals surface area contributed by atoms with Crippen LogP contribution in [0.2, 0.25) is 0 Å². The van der Waals surface area contributed by atoms with Crippen LogP contribution in [0.15, 0.2) is 4.34 Å². The number of halogens is 1. The van der Waals surface area contributed by atoms with Crippen LogP contribution >= 0.6 is 23.7 Å². The van der Waals surface area contributed by atoms with E-state index in [1.54, 1.807) is 0 Å². The number of hydrogen-bond donors (Lipinski definition) is 1. The zero-order valence-electron chi connectivity index (χ0n) is 11.3. The van der Waals surface area contributed by atoms with Crippen molar-refractivity contribution in [2.45, 2.75) is 23.6 Å². The number of rotatable bonds is 2. The van der Waals surface area contributed by atoms with Gasteiger partial charge in [0.15, 0.2) is 0 Å². The van der Waals surface area contributed by atoms with Crippen molar-refractivity contribution in [3.8, 4) is 0 Å². The smallest absolute Gasteiger partial charge is 0.234 e. The number of sulfone groups is 1. The molecule has 2 saturated heterocycles. The van der Waals surface area contributed by atoms with E-state index >= 15 is 0 Å². The van der Waals surface area contributed by atoms with Crippen LogP contribution in [-0.2, 0) is 9.84 Å². The molecule has 2 aliphatic rings. The molecular weight excluding hydrogens is 320 g/mol. The van der Waals surface area contributed by atoms with Crippen LogP contribution in [0.25, 0.3) is 0 Å². The van der Waals surface area contributed by atoms with E-state index in [0.29, 0.717) is 5.41 Å². The summed E-state index contributed by atoms with van der Waals surface area (Å²) >= 11 is 1.18. The Labute approximate surface area is 129 Å². The van der Waals surface area contributed by atoms with Crippen LogP contribution in [0.1, 0.15) is 19.3 Å². The van der Waals surface area contributed by atoms with Gasteiger partial charge in [0, 0.05) is 19.3 Å². The third-order valence-electron chi connectivity index (χ3n) is 4.09. The van der Waals surface area contributed by atoms with Gasteiger partial charge in [0.25, 0.3) is 0 Å². The molecule has 0 bridgehead atoms. The van der Waals surface area contributed by atoms with Crippen molar-refractivity contribution in [3.05, 3.63) is 0 Å². The average Bonchev–Trinajstić information content (AvgIpc) is 2.96. The predicted molar refractivity (Wildman–Crippen MR) is 81.6 cm³/mol. The summed E-state index contributed by atoms with van der Waals surface area (Å²) < 4.78 is 23.0. The van der Waals surface area contributed by atoms with Crippen LogP contribution in [-0.4, -0.2) is 51.0 Å². The SMILES string of the molecule is CS(=O)(=O)c1nnc(N2CCC3(CCNCC3)C2)s1.Cl. The first-order chi connectivity index (χ1) is 8.99. The molecule has 1 aromatic rings. The molecule has 1 N–H and O–H groups in total. The van der Waals surface area contributed by atoms with Crippen LogP contribution in [0.4, 0.5) is 5.13 Å². The number of aromatic nitrogens is 2. The van der Waals surface area contributed by atoms with E-state index in [1.165, 1.54) is 36.9 Å². The Kier molecular flexibility index (Phi) is 4.58. The molecule has 9 heteroatoms. The quantitative estimate of drug-likeness (QED) is 0.865. The highest BCUT2D eigenvalue weighted by atomic mass is 35.5. The summed E-state index contributed by atoms with van der Waals surface area (Å²) in [6.07, 6.45) is 4.74. The van der Waals surface area contributed by atoms with Crippen LogP contribution in [0.5, 0.6) is 0 Å². The molecule has 20 heavy (non-hydrogen) atoms. The van der Waals surface area contributed by atoms with Gasteiger partial charge in [-0.1, -0.05) is 11.3 Å². The number of piperidine rings is 1. The van der Waals surface area contributed by atoms with Gasteiger partial charge in [-0.3, -0.25) is 0 Å². The van der Waals surface area contributed by atoms with Gasteiger partial charge in [-0.2, -0.15) is 0 Å². The maximum absolute atomic E-state index is 11.4. The van der Waals surface area contributed by atoms with E-state index in [-0.39, 0.29) is 16.7 Å². The molecule has 3 heterocycles. The summed E-state index contributed by atoms with van der Waals surface area (Å²) in [6.45, 7) is 4.10. The lowest BCUT2D eigenvalue weighted by molar-refractivity contribution is 0.232. The monoisotopic (exact) mass is 338 g/mol. The molecule has 2 fully saturated rings. The maximum atomic E-state index is 11.4. The lowest BCUT2D eigenvalue weighted by atomic mass is 9.78. The van der Waals surface area contributed by atoms with Crippen LogP contribution in [0, 0.1) is 5.41 Å². The fourth-order valence-corrected chi connectivity index (χ4v) is 4.57. The molecule has 1 aromatic heterocycles. The normalized spacial score (nSPS) is 21.9. The van der Waals surface area contributed by atoms with Gasteiger partial charge in [-0.15, -0.1) is 22.6 Å². The molecule has 0 amide bonds. The van der Waals surface area contributed by atoms with E-state index in [9.17, 15) is 8.42 Å². The number of nitrogens with zero attached hydrogens (tertiary/aromatic N) is 3. The number of hydrogen-bond acceptors (Lipinski definition) is 7. The summed E-state index contributed by atoms with van der Waals surface area (Å²) in [5.74, 6) is 0. The van der Waals surface area contributed by atoms with Gasteiger partial charge in [0.1, 0.15) is 0 Å². The second-order valence-electron chi connectivity index (χ2n) is 5.54. The van der Waals surface area contributed by atoms with Crippen molar-refractivity contribution in [2.24, 2.45) is 5.41 Å². The highest BCUT2D eigenvalue weighted by molar-refractivity contribution is 7.92. The standard InChI is InChI=1S/C11H18N4O2S2.ClH/c1-19(16,17)10-14-13-9(18-10)15-7-4-11(8-15)2-5-12-6-3-11;/h12H,2-8H2,1H3;1H. The topological polar surface area (TPSA) is 75.2 Å². The third-order valence-corrected chi connectivity index (χ3v) is 6.74. The van der Waals surface area contributed by atoms with Crippen molar-refractivity contribution >= 4 is 38.7 Å². The van der Waals surface area contributed by atoms with Crippen molar-refractivity contribution in [2.75, 3.05) is 37.3 Å². The Morgan fingerprint density at radius 3 is 2.55 bits per heavy atom. The molecular formula is C11H19ClN4O2S2. The second kappa shape index (κ2) is 5.75. The van der Waals surface area contributed by atoms with Gasteiger partial charge in [0.2, 0.25) is 19.3 Å². The summed E-state index contributed by atoms with van der Waals surface area (Å²) in [5.41, 5.74) is 0.391. The number of anilines is 1. The summed E-state index contributed by atoms with van der Waals surface area (Å²) in [7, 11) is -3.24. The van der Waals surface area contributed by atoms with Crippen LogP contribution in [0.3, 0.4) is 0 Å². The van der Waals surface area contributed by atoms with Gasteiger partial charge in [-0.05, 0) is 37.8 Å². The Balaban J connectivity index is 0.00000147. The molecule has 0 aliphatic carbocycles. The van der Waals surface area contributed by atoms with E-state index < -0.39 is 9.84 Å². The zero-order valence-corrected chi connectivity index (χ0v) is 13.8. The van der Waals surface area contributed by atoms with Gasteiger partial charge < -0.3 is 10.2 Å². The van der Waals surface area contributed by atoms with Crippen molar-refractivity contribution in [1.29, 1.82) is 0 Å². The molecule has 114 valence electrons. The third kappa shape index (κ3) is 3.08. The minimum Gasteiger partial charge on any atom is -0.346 e. The first kappa shape index (κ1) is 15.9. The first-order valence-corrected chi connectivity index (χ1v) is 9.19. The second-order valence-corrected chi connectivity index (χ2v) is 8.69. The lowest BCUT2D eigenvalue weighted by Crippen LogP contribution is -2.38. The molecule has 6 nitrogen and oxygen atoms in total. The van der Waals surface area contributed by atoms with Gasteiger partial charge in [0.05, 0.1) is 0 Å². The van der Waals surface area contributed by atoms with E-state index in [1.807, 2.05) is 0 Å². The van der Waals surface area contributed by atoms with Gasteiger partial charge >= 0.3 is 0 Å². The predicted octanol–water partition coefficient (Wildman–Crippen LogP) is 0.943. The summed E-state index contributed by atoms with van der Waals surface area (Å²) in [5, 5.41) is 12.0. The van der Waals surface area contributed by atoms with Crippen molar-refractivity contribution in [1.82, 2.24) is 15.5 Å². The molecule has 0 radical (unpaired) electrons. The highest BCUT2D eigenvalue weighted by Crippen LogP contribution is 2.41. The number of nitrogens with one attached hydrogen (secondary N) is 1. The molecule has 0 unspecified atom stereocenters. The van der Waals surface area contributed by atoms with Crippen molar-refractivity contribution < 1.29 is 8.42 Å². The molecule has 1 spiro atoms. The Hall–Kier alpha value is -0.440. The Morgan fingerprint density at radius 2 is 1.95 bits per heavy atom. The Morgan fingerprint density at radius 1 is 1.25 bits per heavy atom. The Bertz CT molecular complexity index is 569. The molecule has 2 aliphatic heterocycles. The fraction of sp³-hybridized carbons (Fsp3) is 0.818. The van der Waals surface area contributed by atoms with Gasteiger partial charge in [-0.25, -0.2) is 8.42 Å². The molecule has 0 saturated carbocycles. The molecule has 0 atom stereocenters. The molecule has 3 rings (SSSR count). The minimum absolute atomic E-state index is 0. The molecule has 0 aromatic carbocycles. The highest BCUT2D eigenvalue weighted by Gasteiger charge is 2.40. The summed E-state index contributed by atoms with van der Waals surface area (Å²) in [6, 6.07) is 0. The minimum atomic E-state index is -3.24. The van der Waals surface area contributed by atoms with E-state index in [2.05, 4.69) is 20.4 Å². The maximum Gasteiger partial charge on any atom is 0.234 e. The van der Waals surface area contributed by atoms with Crippen molar-refractivity contribution in [3.63, 3.8) is 0 Å². The summed E-state index contributed by atoms with van der Waals surface area (Å²) in [4.78, 5) is 2.19. The van der Waals surface area contributed by atoms with E-state index in [4.69, 9.17) is 0 Å². The fourth-order valence-electron chi connectivity index (χ4n) is 2.94. The van der Waals surface area contributed by atoms with E-state index in [0.717, 1.165) is 31.3 Å². The average molecular weight is 339 g/mol.